The number of hydrogen-bond acceptors (Lipinski definition) is 3. The summed E-state index contributed by atoms with van der Waals surface area (Å²) in [4.78, 5) is 18.6. The molecule has 2 atom stereocenters. The fraction of sp³-hybridized carbons (Fsp3) is 0.231. The monoisotopic (exact) mass is 434 g/mol. The van der Waals surface area contributed by atoms with Crippen molar-refractivity contribution in [1.29, 1.82) is 0 Å². The Morgan fingerprint density at radius 3 is 2.44 bits per heavy atom. The van der Waals surface area contributed by atoms with Crippen LogP contribution in [0.4, 0.5) is 13.6 Å². The summed E-state index contributed by atoms with van der Waals surface area (Å²) < 4.78 is 32.8. The number of carbonyl (C=O) groups is 1. The lowest BCUT2D eigenvalue weighted by Crippen LogP contribution is -2.48. The van der Waals surface area contributed by atoms with Crippen molar-refractivity contribution in [3.8, 4) is 11.1 Å². The van der Waals surface area contributed by atoms with Gasteiger partial charge in [0.05, 0.1) is 12.2 Å². The van der Waals surface area contributed by atoms with Crippen molar-refractivity contribution in [1.82, 2.24) is 9.88 Å². The van der Waals surface area contributed by atoms with Gasteiger partial charge in [-0.2, -0.15) is 0 Å². The summed E-state index contributed by atoms with van der Waals surface area (Å²) in [6, 6.07) is 14.9. The number of benzene rings is 2. The van der Waals surface area contributed by atoms with E-state index in [-0.39, 0.29) is 17.7 Å². The zero-order valence-corrected chi connectivity index (χ0v) is 17.8. The molecule has 3 aromatic rings. The van der Waals surface area contributed by atoms with Crippen LogP contribution in [0.25, 0.3) is 11.1 Å². The summed E-state index contributed by atoms with van der Waals surface area (Å²) in [6.45, 7) is 6.23. The number of ether oxygens (including phenoxy) is 1. The molecule has 164 valence electrons. The molecule has 32 heavy (non-hydrogen) atoms. The van der Waals surface area contributed by atoms with Crippen LogP contribution in [0.1, 0.15) is 36.9 Å². The molecular weight excluding hydrogens is 410 g/mol. The smallest absolute Gasteiger partial charge is 0.411 e. The first-order chi connectivity index (χ1) is 15.4. The first-order valence-electron chi connectivity index (χ1n) is 10.5. The van der Waals surface area contributed by atoms with Crippen molar-refractivity contribution < 1.29 is 18.3 Å². The fourth-order valence-corrected chi connectivity index (χ4v) is 4.18. The summed E-state index contributed by atoms with van der Waals surface area (Å²) in [7, 11) is 0. The van der Waals surface area contributed by atoms with Crippen LogP contribution in [-0.2, 0) is 10.3 Å². The Labute approximate surface area is 186 Å². The second kappa shape index (κ2) is 8.91. The molecule has 0 radical (unpaired) electrons. The quantitative estimate of drug-likeness (QED) is 0.422. The maximum atomic E-state index is 13.5. The SMILES string of the molecule is C=CC[C@]1(c2ccc(F)cc2)CCN([C@@H](C)c2ccc(-c3cncc(F)c3)cc2)C(=O)O1. The Balaban J connectivity index is 1.52. The van der Waals surface area contributed by atoms with Crippen LogP contribution in [-0.4, -0.2) is 22.5 Å². The Hall–Kier alpha value is -3.54. The molecule has 1 fully saturated rings. The number of pyridine rings is 1. The van der Waals surface area contributed by atoms with Gasteiger partial charge in [0.2, 0.25) is 0 Å². The Bertz CT molecular complexity index is 1120. The highest BCUT2D eigenvalue weighted by atomic mass is 19.1. The van der Waals surface area contributed by atoms with Gasteiger partial charge in [0.25, 0.3) is 0 Å². The first kappa shape index (κ1) is 21.7. The highest BCUT2D eigenvalue weighted by Crippen LogP contribution is 2.40. The summed E-state index contributed by atoms with van der Waals surface area (Å²) in [5, 5.41) is 0. The standard InChI is InChI=1S/C26H24F2N2O2/c1-3-12-26(22-8-10-23(27)11-9-22)13-14-30(25(31)32-26)18(2)19-4-6-20(7-5-19)21-15-24(28)17-29-16-21/h3-11,15-18H,1,12-14H2,2H3/t18-,26+/m0/s1. The van der Waals surface area contributed by atoms with Crippen molar-refractivity contribution in [2.45, 2.75) is 31.4 Å². The number of cyclic esters (lactones) is 1. The molecule has 0 N–H and O–H groups in total. The lowest BCUT2D eigenvalue weighted by molar-refractivity contribution is -0.0588. The van der Waals surface area contributed by atoms with Crippen molar-refractivity contribution in [3.63, 3.8) is 0 Å². The van der Waals surface area contributed by atoms with E-state index in [9.17, 15) is 13.6 Å². The maximum Gasteiger partial charge on any atom is 0.411 e. The number of rotatable bonds is 6. The summed E-state index contributed by atoms with van der Waals surface area (Å²) in [5.41, 5.74) is 2.38. The van der Waals surface area contributed by atoms with Gasteiger partial charge in [-0.05, 0) is 41.8 Å². The minimum atomic E-state index is -0.850. The lowest BCUT2D eigenvalue weighted by atomic mass is 9.85. The van der Waals surface area contributed by atoms with Crippen LogP contribution in [0.3, 0.4) is 0 Å². The highest BCUT2D eigenvalue weighted by molar-refractivity contribution is 5.70. The van der Waals surface area contributed by atoms with E-state index in [2.05, 4.69) is 11.6 Å². The highest BCUT2D eigenvalue weighted by Gasteiger charge is 2.42. The van der Waals surface area contributed by atoms with Gasteiger partial charge in [-0.3, -0.25) is 4.98 Å². The Morgan fingerprint density at radius 1 is 1.09 bits per heavy atom. The molecule has 4 rings (SSSR count). The summed E-state index contributed by atoms with van der Waals surface area (Å²) in [6.07, 6.45) is 5.08. The van der Waals surface area contributed by atoms with Gasteiger partial charge in [-0.15, -0.1) is 6.58 Å². The van der Waals surface area contributed by atoms with E-state index in [0.29, 0.717) is 24.9 Å². The van der Waals surface area contributed by atoms with Gasteiger partial charge in [-0.25, -0.2) is 13.6 Å². The molecule has 0 aliphatic carbocycles. The topological polar surface area (TPSA) is 42.4 Å². The normalized spacial score (nSPS) is 19.3. The van der Waals surface area contributed by atoms with E-state index in [1.807, 2.05) is 31.2 Å². The average molecular weight is 434 g/mol. The molecule has 0 unspecified atom stereocenters. The molecular formula is C26H24F2N2O2. The van der Waals surface area contributed by atoms with E-state index < -0.39 is 11.7 Å². The van der Waals surface area contributed by atoms with Crippen LogP contribution in [0.2, 0.25) is 0 Å². The van der Waals surface area contributed by atoms with Crippen LogP contribution >= 0.6 is 0 Å². The Morgan fingerprint density at radius 2 is 1.81 bits per heavy atom. The second-order valence-electron chi connectivity index (χ2n) is 8.00. The molecule has 1 aliphatic rings. The molecule has 1 aromatic heterocycles. The van der Waals surface area contributed by atoms with E-state index in [1.165, 1.54) is 24.4 Å². The largest absolute Gasteiger partial charge is 0.437 e. The number of carbonyl (C=O) groups excluding carboxylic acids is 1. The van der Waals surface area contributed by atoms with Crippen LogP contribution in [0, 0.1) is 11.6 Å². The third kappa shape index (κ3) is 4.26. The lowest BCUT2D eigenvalue weighted by Gasteiger charge is -2.43. The van der Waals surface area contributed by atoms with Crippen LogP contribution in [0.15, 0.2) is 79.6 Å². The molecule has 2 heterocycles. The minimum Gasteiger partial charge on any atom is -0.437 e. The van der Waals surface area contributed by atoms with Gasteiger partial charge in [0, 0.05) is 31.1 Å². The summed E-state index contributed by atoms with van der Waals surface area (Å²) in [5.74, 6) is -0.725. The maximum absolute atomic E-state index is 13.5. The first-order valence-corrected chi connectivity index (χ1v) is 10.5. The third-order valence-electron chi connectivity index (χ3n) is 6.02. The van der Waals surface area contributed by atoms with Crippen LogP contribution < -0.4 is 0 Å². The molecule has 0 bridgehead atoms. The van der Waals surface area contributed by atoms with Crippen molar-refractivity contribution in [2.75, 3.05) is 6.54 Å². The number of nitrogens with zero attached hydrogens (tertiary/aromatic N) is 2. The molecule has 0 saturated carbocycles. The predicted octanol–water partition coefficient (Wildman–Crippen LogP) is 6.40. The van der Waals surface area contributed by atoms with Crippen molar-refractivity contribution >= 4 is 6.09 Å². The van der Waals surface area contributed by atoms with Gasteiger partial charge in [0.1, 0.15) is 17.2 Å². The number of hydrogen-bond donors (Lipinski definition) is 0. The van der Waals surface area contributed by atoms with Gasteiger partial charge in [-0.1, -0.05) is 42.5 Å². The van der Waals surface area contributed by atoms with E-state index in [4.69, 9.17) is 4.74 Å². The zero-order chi connectivity index (χ0) is 22.7. The van der Waals surface area contributed by atoms with E-state index in [1.54, 1.807) is 29.3 Å². The molecule has 2 aromatic carbocycles. The number of halogens is 2. The van der Waals surface area contributed by atoms with E-state index in [0.717, 1.165) is 16.7 Å². The van der Waals surface area contributed by atoms with Crippen LogP contribution in [0.5, 0.6) is 0 Å². The molecule has 1 saturated heterocycles. The van der Waals surface area contributed by atoms with E-state index >= 15 is 0 Å². The van der Waals surface area contributed by atoms with Crippen molar-refractivity contribution in [3.05, 3.63) is 102 Å². The van der Waals surface area contributed by atoms with Gasteiger partial charge < -0.3 is 9.64 Å². The molecule has 1 aliphatic heterocycles. The molecule has 4 nitrogen and oxygen atoms in total. The molecule has 1 amide bonds. The van der Waals surface area contributed by atoms with Gasteiger partial charge >= 0.3 is 6.09 Å². The van der Waals surface area contributed by atoms with Crippen molar-refractivity contribution in [2.24, 2.45) is 0 Å². The molecule has 0 spiro atoms. The zero-order valence-electron chi connectivity index (χ0n) is 17.8. The molecule has 6 heteroatoms. The Kier molecular flexibility index (Phi) is 6.04. The third-order valence-corrected chi connectivity index (χ3v) is 6.02. The average Bonchev–Trinajstić information content (AvgIpc) is 2.79. The van der Waals surface area contributed by atoms with Gasteiger partial charge in [0.15, 0.2) is 0 Å². The fourth-order valence-electron chi connectivity index (χ4n) is 4.18. The predicted molar refractivity (Wildman–Crippen MR) is 119 cm³/mol. The minimum absolute atomic E-state index is 0.211. The number of aromatic nitrogens is 1. The second-order valence-corrected chi connectivity index (χ2v) is 8.00. The number of amides is 1. The summed E-state index contributed by atoms with van der Waals surface area (Å²) >= 11 is 0.